The fourth-order valence-corrected chi connectivity index (χ4v) is 5.81. The van der Waals surface area contributed by atoms with E-state index in [4.69, 9.17) is 0 Å². The Kier molecular flexibility index (Phi) is 11.6. The predicted molar refractivity (Wildman–Crippen MR) is 119 cm³/mol. The lowest BCUT2D eigenvalue weighted by atomic mass is 10.2. The van der Waals surface area contributed by atoms with Crippen LogP contribution in [-0.2, 0) is 10.0 Å². The minimum absolute atomic E-state index is 0.0898. The second-order valence-electron chi connectivity index (χ2n) is 6.69. The molecule has 156 valence electrons. The first kappa shape index (κ1) is 25.0. The first-order valence-corrected chi connectivity index (χ1v) is 12.6. The Morgan fingerprint density at radius 2 is 1.63 bits per heavy atom. The number of likely N-dealkylation sites (N-methyl/N-ethyl adjacent to an activating group) is 1. The van der Waals surface area contributed by atoms with E-state index in [1.54, 1.807) is 25.1 Å². The van der Waals surface area contributed by atoms with Gasteiger partial charge in [-0.3, -0.25) is 0 Å². The molecule has 0 aliphatic heterocycles. The third kappa shape index (κ3) is 8.11. The SMILES string of the molecule is CCCCN(CCCC)CC(O)CN(CC)S(=O)(=O)c1cc(Br)ccc1Br. The van der Waals surface area contributed by atoms with E-state index in [-0.39, 0.29) is 11.4 Å². The van der Waals surface area contributed by atoms with Gasteiger partial charge in [-0.05, 0) is 60.1 Å². The molecule has 0 bridgehead atoms. The first-order chi connectivity index (χ1) is 12.8. The van der Waals surface area contributed by atoms with Gasteiger partial charge in [0, 0.05) is 28.6 Å². The van der Waals surface area contributed by atoms with Crippen molar-refractivity contribution in [2.75, 3.05) is 32.7 Å². The number of benzene rings is 1. The average molecular weight is 528 g/mol. The Balaban J connectivity index is 2.86. The standard InChI is InChI=1S/C19H32Br2N2O3S/c1-4-7-11-22(12-8-5-2)14-17(24)15-23(6-3)27(25,26)19-13-16(20)9-10-18(19)21/h9-10,13,17,24H,4-8,11-12,14-15H2,1-3H3. The average Bonchev–Trinajstić information content (AvgIpc) is 2.63. The van der Waals surface area contributed by atoms with Crippen molar-refractivity contribution in [2.24, 2.45) is 0 Å². The zero-order valence-electron chi connectivity index (χ0n) is 16.5. The van der Waals surface area contributed by atoms with Gasteiger partial charge in [-0.15, -0.1) is 0 Å². The van der Waals surface area contributed by atoms with Gasteiger partial charge in [-0.25, -0.2) is 8.42 Å². The molecule has 1 atom stereocenters. The van der Waals surface area contributed by atoms with Gasteiger partial charge in [-0.2, -0.15) is 4.31 Å². The van der Waals surface area contributed by atoms with E-state index in [0.29, 0.717) is 22.0 Å². The van der Waals surface area contributed by atoms with Crippen LogP contribution >= 0.6 is 31.9 Å². The fourth-order valence-electron chi connectivity index (χ4n) is 2.86. The number of hydrogen-bond acceptors (Lipinski definition) is 4. The number of aliphatic hydroxyl groups excluding tert-OH is 1. The van der Waals surface area contributed by atoms with Crippen molar-refractivity contribution in [3.8, 4) is 0 Å². The Morgan fingerprint density at radius 3 is 2.15 bits per heavy atom. The molecule has 0 heterocycles. The zero-order chi connectivity index (χ0) is 20.4. The summed E-state index contributed by atoms with van der Waals surface area (Å²) in [7, 11) is -3.69. The molecule has 1 rings (SSSR count). The van der Waals surface area contributed by atoms with Crippen molar-refractivity contribution in [2.45, 2.75) is 57.5 Å². The highest BCUT2D eigenvalue weighted by atomic mass is 79.9. The van der Waals surface area contributed by atoms with Crippen molar-refractivity contribution < 1.29 is 13.5 Å². The molecular formula is C19H32Br2N2O3S. The van der Waals surface area contributed by atoms with Crippen LogP contribution in [-0.4, -0.2) is 61.6 Å². The van der Waals surface area contributed by atoms with Crippen LogP contribution in [0.3, 0.4) is 0 Å². The summed E-state index contributed by atoms with van der Waals surface area (Å²) in [6.07, 6.45) is 3.64. The molecule has 0 saturated carbocycles. The van der Waals surface area contributed by atoms with Crippen LogP contribution in [0.2, 0.25) is 0 Å². The van der Waals surface area contributed by atoms with Crippen molar-refractivity contribution >= 4 is 41.9 Å². The molecule has 1 unspecified atom stereocenters. The molecule has 8 heteroatoms. The lowest BCUT2D eigenvalue weighted by Gasteiger charge is -2.28. The van der Waals surface area contributed by atoms with Crippen molar-refractivity contribution in [1.29, 1.82) is 0 Å². The van der Waals surface area contributed by atoms with E-state index < -0.39 is 16.1 Å². The summed E-state index contributed by atoms with van der Waals surface area (Å²) in [5.74, 6) is 0. The van der Waals surface area contributed by atoms with Gasteiger partial charge in [-0.1, -0.05) is 49.5 Å². The molecule has 0 spiro atoms. The third-order valence-electron chi connectivity index (χ3n) is 4.40. The molecule has 0 aliphatic rings. The quantitative estimate of drug-likeness (QED) is 0.410. The zero-order valence-corrected chi connectivity index (χ0v) is 20.5. The maximum atomic E-state index is 13.1. The van der Waals surface area contributed by atoms with E-state index in [0.717, 1.165) is 38.8 Å². The number of halogens is 2. The number of sulfonamides is 1. The smallest absolute Gasteiger partial charge is 0.244 e. The highest BCUT2D eigenvalue weighted by molar-refractivity contribution is 9.11. The molecule has 0 saturated heterocycles. The van der Waals surface area contributed by atoms with Crippen molar-refractivity contribution in [3.05, 3.63) is 27.1 Å². The maximum absolute atomic E-state index is 13.1. The number of hydrogen-bond donors (Lipinski definition) is 1. The second-order valence-corrected chi connectivity index (χ2v) is 10.4. The van der Waals surface area contributed by atoms with Gasteiger partial charge < -0.3 is 10.0 Å². The lowest BCUT2D eigenvalue weighted by Crippen LogP contribution is -2.43. The topological polar surface area (TPSA) is 60.9 Å². The van der Waals surface area contributed by atoms with E-state index in [2.05, 4.69) is 50.6 Å². The predicted octanol–water partition coefficient (Wildman–Crippen LogP) is 4.49. The van der Waals surface area contributed by atoms with E-state index in [1.165, 1.54) is 4.31 Å². The molecule has 0 aromatic heterocycles. The summed E-state index contributed by atoms with van der Waals surface area (Å²) in [6, 6.07) is 5.08. The molecule has 1 N–H and O–H groups in total. The van der Waals surface area contributed by atoms with Crippen LogP contribution in [0.5, 0.6) is 0 Å². The minimum atomic E-state index is -3.69. The van der Waals surface area contributed by atoms with Crippen LogP contribution in [0.1, 0.15) is 46.5 Å². The number of aliphatic hydroxyl groups is 1. The number of rotatable bonds is 13. The number of nitrogens with zero attached hydrogens (tertiary/aromatic N) is 2. The second kappa shape index (κ2) is 12.5. The highest BCUT2D eigenvalue weighted by Gasteiger charge is 2.28. The summed E-state index contributed by atoms with van der Waals surface area (Å²) >= 11 is 6.66. The Labute approximate surface area is 181 Å². The molecule has 0 aliphatic carbocycles. The molecule has 5 nitrogen and oxygen atoms in total. The first-order valence-electron chi connectivity index (χ1n) is 9.61. The molecule has 0 fully saturated rings. The number of unbranched alkanes of at least 4 members (excludes halogenated alkanes) is 2. The highest BCUT2D eigenvalue weighted by Crippen LogP contribution is 2.28. The van der Waals surface area contributed by atoms with Crippen LogP contribution < -0.4 is 0 Å². The van der Waals surface area contributed by atoms with Gasteiger partial charge in [0.05, 0.1) is 11.0 Å². The van der Waals surface area contributed by atoms with E-state index in [9.17, 15) is 13.5 Å². The Bertz CT molecular complexity index is 663. The third-order valence-corrected chi connectivity index (χ3v) is 7.83. The molecule has 1 aromatic rings. The Hall–Kier alpha value is 0.01000. The summed E-state index contributed by atoms with van der Waals surface area (Å²) in [6.45, 7) is 8.85. The van der Waals surface area contributed by atoms with Gasteiger partial charge in [0.2, 0.25) is 10.0 Å². The molecule has 0 amide bonds. The molecular weight excluding hydrogens is 496 g/mol. The summed E-state index contributed by atoms with van der Waals surface area (Å²) in [5, 5.41) is 10.6. The summed E-state index contributed by atoms with van der Waals surface area (Å²) in [4.78, 5) is 2.45. The summed E-state index contributed by atoms with van der Waals surface area (Å²) in [5.41, 5.74) is 0. The van der Waals surface area contributed by atoms with Crippen molar-refractivity contribution in [3.63, 3.8) is 0 Å². The van der Waals surface area contributed by atoms with Crippen LogP contribution in [0, 0.1) is 0 Å². The van der Waals surface area contributed by atoms with Gasteiger partial charge in [0.25, 0.3) is 0 Å². The van der Waals surface area contributed by atoms with Crippen LogP contribution in [0.25, 0.3) is 0 Å². The van der Waals surface area contributed by atoms with Crippen molar-refractivity contribution in [1.82, 2.24) is 9.21 Å². The maximum Gasteiger partial charge on any atom is 0.244 e. The van der Waals surface area contributed by atoms with Gasteiger partial charge in [0.1, 0.15) is 0 Å². The van der Waals surface area contributed by atoms with Crippen LogP contribution in [0.15, 0.2) is 32.0 Å². The lowest BCUT2D eigenvalue weighted by molar-refractivity contribution is 0.0939. The van der Waals surface area contributed by atoms with Crippen LogP contribution in [0.4, 0.5) is 0 Å². The largest absolute Gasteiger partial charge is 0.390 e. The molecule has 0 radical (unpaired) electrons. The minimum Gasteiger partial charge on any atom is -0.390 e. The van der Waals surface area contributed by atoms with Gasteiger partial charge in [0.15, 0.2) is 0 Å². The normalized spacial score (nSPS) is 13.5. The van der Waals surface area contributed by atoms with E-state index in [1.807, 2.05) is 0 Å². The Morgan fingerprint density at radius 1 is 1.04 bits per heavy atom. The molecule has 1 aromatic carbocycles. The monoisotopic (exact) mass is 526 g/mol. The summed E-state index contributed by atoms with van der Waals surface area (Å²) < 4.78 is 28.7. The molecule has 27 heavy (non-hydrogen) atoms. The van der Waals surface area contributed by atoms with Gasteiger partial charge >= 0.3 is 0 Å². The fraction of sp³-hybridized carbons (Fsp3) is 0.684. The van der Waals surface area contributed by atoms with E-state index >= 15 is 0 Å².